The summed E-state index contributed by atoms with van der Waals surface area (Å²) in [5.41, 5.74) is 3.09. The maximum absolute atomic E-state index is 12.4. The Morgan fingerprint density at radius 2 is 1.65 bits per heavy atom. The Kier molecular flexibility index (Phi) is 10.2. The number of benzene rings is 2. The quantitative estimate of drug-likeness (QED) is 0.209. The molecule has 2 aromatic carbocycles. The minimum absolute atomic E-state index is 0.108. The molecule has 0 aliphatic carbocycles. The first-order valence-corrected chi connectivity index (χ1v) is 12.4. The van der Waals surface area contributed by atoms with Crippen molar-refractivity contribution in [2.45, 2.75) is 57.5 Å². The van der Waals surface area contributed by atoms with Crippen LogP contribution in [0, 0.1) is 0 Å². The number of amides is 1. The minimum atomic E-state index is -0.905. The SMILES string of the molecule is CC(C)(Cc1cccc(CC(=O)NCC(O)Cc2ccccc2)c1)NCC(O)c1ccc(O)c(CO)n1. The zero-order valence-corrected chi connectivity index (χ0v) is 21.4. The zero-order valence-electron chi connectivity index (χ0n) is 21.4. The average molecular weight is 508 g/mol. The van der Waals surface area contributed by atoms with E-state index < -0.39 is 18.8 Å². The van der Waals surface area contributed by atoms with Crippen molar-refractivity contribution in [3.63, 3.8) is 0 Å². The summed E-state index contributed by atoms with van der Waals surface area (Å²) in [4.78, 5) is 16.6. The van der Waals surface area contributed by atoms with Gasteiger partial charge in [0.15, 0.2) is 0 Å². The fourth-order valence-electron chi connectivity index (χ4n) is 4.15. The molecule has 1 amide bonds. The molecular formula is C29H37N3O5. The second-order valence-corrected chi connectivity index (χ2v) is 9.96. The number of aliphatic hydroxyl groups excluding tert-OH is 3. The van der Waals surface area contributed by atoms with Gasteiger partial charge in [0.2, 0.25) is 5.91 Å². The van der Waals surface area contributed by atoms with Gasteiger partial charge in [-0.15, -0.1) is 0 Å². The fourth-order valence-corrected chi connectivity index (χ4v) is 4.15. The lowest BCUT2D eigenvalue weighted by molar-refractivity contribution is -0.120. The number of carbonyl (C=O) groups is 1. The molecule has 6 N–H and O–H groups in total. The van der Waals surface area contributed by atoms with Crippen molar-refractivity contribution in [1.29, 1.82) is 0 Å². The van der Waals surface area contributed by atoms with Gasteiger partial charge in [0, 0.05) is 25.0 Å². The topological polar surface area (TPSA) is 135 Å². The summed E-state index contributed by atoms with van der Waals surface area (Å²) in [6.07, 6.45) is -0.184. The Hall–Kier alpha value is -3.30. The maximum atomic E-state index is 12.4. The first kappa shape index (κ1) is 28.3. The number of aromatic nitrogens is 1. The molecule has 0 saturated carbocycles. The van der Waals surface area contributed by atoms with Gasteiger partial charge in [0.05, 0.1) is 24.8 Å². The molecule has 8 heteroatoms. The van der Waals surface area contributed by atoms with Gasteiger partial charge in [-0.05, 0) is 49.1 Å². The average Bonchev–Trinajstić information content (AvgIpc) is 2.87. The van der Waals surface area contributed by atoms with Crippen LogP contribution in [0.25, 0.3) is 0 Å². The van der Waals surface area contributed by atoms with Crippen molar-refractivity contribution in [2.24, 2.45) is 0 Å². The van der Waals surface area contributed by atoms with E-state index in [1.807, 2.05) is 68.4 Å². The molecule has 2 atom stereocenters. The number of nitrogens with one attached hydrogen (secondary N) is 2. The van der Waals surface area contributed by atoms with Crippen LogP contribution in [0.15, 0.2) is 66.7 Å². The van der Waals surface area contributed by atoms with E-state index in [1.165, 1.54) is 12.1 Å². The van der Waals surface area contributed by atoms with Crippen molar-refractivity contribution in [3.05, 3.63) is 94.8 Å². The summed E-state index contributed by atoms with van der Waals surface area (Å²) in [6.45, 7) is 4.08. The van der Waals surface area contributed by atoms with Gasteiger partial charge >= 0.3 is 0 Å². The summed E-state index contributed by atoms with van der Waals surface area (Å²) in [5.74, 6) is -0.253. The van der Waals surface area contributed by atoms with Gasteiger partial charge in [-0.2, -0.15) is 0 Å². The number of hydrogen-bond acceptors (Lipinski definition) is 7. The van der Waals surface area contributed by atoms with Crippen LogP contribution in [0.4, 0.5) is 0 Å². The van der Waals surface area contributed by atoms with Gasteiger partial charge in [-0.1, -0.05) is 54.6 Å². The van der Waals surface area contributed by atoms with Gasteiger partial charge in [-0.25, -0.2) is 4.98 Å². The van der Waals surface area contributed by atoms with E-state index in [0.29, 0.717) is 18.5 Å². The predicted molar refractivity (Wildman–Crippen MR) is 142 cm³/mol. The highest BCUT2D eigenvalue weighted by molar-refractivity contribution is 5.78. The molecule has 0 radical (unpaired) electrons. The molecule has 0 bridgehead atoms. The van der Waals surface area contributed by atoms with Crippen LogP contribution in [0.2, 0.25) is 0 Å². The molecule has 3 rings (SSSR count). The highest BCUT2D eigenvalue weighted by Gasteiger charge is 2.21. The van der Waals surface area contributed by atoms with Crippen LogP contribution in [0.3, 0.4) is 0 Å². The molecular weight excluding hydrogens is 470 g/mol. The summed E-state index contributed by atoms with van der Waals surface area (Å²) in [7, 11) is 0. The molecule has 0 aliphatic heterocycles. The van der Waals surface area contributed by atoms with Crippen molar-refractivity contribution in [3.8, 4) is 5.75 Å². The summed E-state index contributed by atoms with van der Waals surface area (Å²) < 4.78 is 0. The number of aliphatic hydroxyl groups is 3. The summed E-state index contributed by atoms with van der Waals surface area (Å²) in [5, 5.41) is 45.9. The largest absolute Gasteiger partial charge is 0.506 e. The molecule has 1 heterocycles. The van der Waals surface area contributed by atoms with E-state index in [1.54, 1.807) is 0 Å². The van der Waals surface area contributed by atoms with Crippen molar-refractivity contribution in [2.75, 3.05) is 13.1 Å². The first-order chi connectivity index (χ1) is 17.6. The molecule has 0 spiro atoms. The Balaban J connectivity index is 1.48. The predicted octanol–water partition coefficient (Wildman–Crippen LogP) is 2.19. The van der Waals surface area contributed by atoms with Crippen molar-refractivity contribution >= 4 is 5.91 Å². The van der Waals surface area contributed by atoms with Crippen LogP contribution in [-0.2, 0) is 30.7 Å². The third-order valence-electron chi connectivity index (χ3n) is 6.09. The first-order valence-electron chi connectivity index (χ1n) is 12.4. The Morgan fingerprint density at radius 1 is 0.946 bits per heavy atom. The van der Waals surface area contributed by atoms with Gasteiger partial charge in [-0.3, -0.25) is 4.79 Å². The highest BCUT2D eigenvalue weighted by atomic mass is 16.3. The van der Waals surface area contributed by atoms with Crippen LogP contribution in [0.1, 0.15) is 48.0 Å². The Labute approximate surface area is 218 Å². The van der Waals surface area contributed by atoms with Gasteiger partial charge < -0.3 is 31.1 Å². The normalized spacial score (nSPS) is 13.2. The lowest BCUT2D eigenvalue weighted by Crippen LogP contribution is -2.43. The number of β-amino-alcohol motifs (C(OH)–C–C–N with tert-alkyl or cyclic N) is 1. The second-order valence-electron chi connectivity index (χ2n) is 9.96. The minimum Gasteiger partial charge on any atom is -0.506 e. The molecule has 8 nitrogen and oxygen atoms in total. The van der Waals surface area contributed by atoms with E-state index in [-0.39, 0.29) is 42.4 Å². The van der Waals surface area contributed by atoms with E-state index in [4.69, 9.17) is 0 Å². The maximum Gasteiger partial charge on any atom is 0.224 e. The Bertz CT molecular complexity index is 1150. The number of carbonyl (C=O) groups excluding carboxylic acids is 1. The fraction of sp³-hybridized carbons (Fsp3) is 0.379. The molecule has 2 unspecified atom stereocenters. The second kappa shape index (κ2) is 13.3. The van der Waals surface area contributed by atoms with E-state index in [2.05, 4.69) is 15.6 Å². The molecule has 0 fully saturated rings. The third kappa shape index (κ3) is 9.26. The number of pyridine rings is 1. The highest BCUT2D eigenvalue weighted by Crippen LogP contribution is 2.20. The number of hydrogen-bond donors (Lipinski definition) is 6. The van der Waals surface area contributed by atoms with Crippen LogP contribution in [-0.4, -0.2) is 56.0 Å². The number of aromatic hydroxyl groups is 1. The van der Waals surface area contributed by atoms with Crippen LogP contribution >= 0.6 is 0 Å². The molecule has 3 aromatic rings. The third-order valence-corrected chi connectivity index (χ3v) is 6.09. The lowest BCUT2D eigenvalue weighted by atomic mass is 9.93. The molecule has 198 valence electrons. The monoisotopic (exact) mass is 507 g/mol. The van der Waals surface area contributed by atoms with Crippen molar-refractivity contribution in [1.82, 2.24) is 15.6 Å². The number of nitrogens with zero attached hydrogens (tertiary/aromatic N) is 1. The van der Waals surface area contributed by atoms with Crippen LogP contribution in [0.5, 0.6) is 5.75 Å². The van der Waals surface area contributed by atoms with E-state index >= 15 is 0 Å². The molecule has 1 aromatic heterocycles. The van der Waals surface area contributed by atoms with Crippen molar-refractivity contribution < 1.29 is 25.2 Å². The molecule has 37 heavy (non-hydrogen) atoms. The molecule has 0 saturated heterocycles. The van der Waals surface area contributed by atoms with Crippen LogP contribution < -0.4 is 10.6 Å². The number of rotatable bonds is 13. The van der Waals surface area contributed by atoms with E-state index in [0.717, 1.165) is 16.7 Å². The summed E-state index contributed by atoms with van der Waals surface area (Å²) in [6, 6.07) is 20.4. The molecule has 0 aliphatic rings. The van der Waals surface area contributed by atoms with Gasteiger partial charge in [0.25, 0.3) is 0 Å². The Morgan fingerprint density at radius 3 is 2.38 bits per heavy atom. The lowest BCUT2D eigenvalue weighted by Gasteiger charge is -2.28. The smallest absolute Gasteiger partial charge is 0.224 e. The summed E-state index contributed by atoms with van der Waals surface area (Å²) >= 11 is 0. The van der Waals surface area contributed by atoms with Gasteiger partial charge in [0.1, 0.15) is 17.5 Å². The zero-order chi connectivity index (χ0) is 26.8. The van der Waals surface area contributed by atoms with E-state index in [9.17, 15) is 25.2 Å². The standard InChI is InChI=1S/C29H37N3O5/c1-29(2,31-18-27(36)24-11-12-26(35)25(19-33)32-24)16-22-10-6-9-21(13-22)15-28(37)30-17-23(34)14-20-7-4-3-5-8-20/h3-13,23,27,31,33-36H,14-19H2,1-2H3,(H,30,37).